The number of hydrogen-bond donors (Lipinski definition) is 0. The van der Waals surface area contributed by atoms with Crippen molar-refractivity contribution in [2.45, 2.75) is 51.4 Å². The van der Waals surface area contributed by atoms with E-state index in [4.69, 9.17) is 0 Å². The monoisotopic (exact) mass is 1540 g/mol. The van der Waals surface area contributed by atoms with Crippen molar-refractivity contribution in [1.29, 1.82) is 0 Å². The summed E-state index contributed by atoms with van der Waals surface area (Å²) in [6, 6.07) is 0. The van der Waals surface area contributed by atoms with E-state index < -0.39 is 0 Å². The molecule has 108 heavy (non-hydrogen) atoms. The standard InChI is InChI=1S/C15H35N5.C14H32N4.C12H28N4.C12H27N3.C11H25N3.C10H23N3.C9H21N3/c1-16-6-8-17(2)10-12-19(4)14-15-20(5)13-11-18(3)9-7-16;1-15-7-5-8-17(3)13-14-18(4)10-6-9-16(2)12-11-15;1-13-5-7-14(2)9-11-16(4)12-10-15(3)8-6-13;1-13-7-4-9-14(2)11-6-12-15(3)10-5-8-13;1-12-6-4-8-13(2)10-11-14(3)9-5-7-12;1-11-5-4-6-12(2)8-10-13(3)9-7-11;1-10-4-6-11(2)8-9-12(3)7-5-10/h6-15H2,1-5H3;5-14H2,1-4H3;5-12H2,1-4H3;4-12H2,1-3H3;4-11H2,1-3H3;4-10H2,1-3H3;4-9H2,1-3H3. The number of rotatable bonds is 0. The molecule has 0 radical (unpaired) electrons. The summed E-state index contributed by atoms with van der Waals surface area (Å²) in [5.41, 5.74) is 0. The average Bonchev–Trinajstić information content (AvgIpc) is 1.85. The largest absolute Gasteiger partial charge is 0.306 e. The van der Waals surface area contributed by atoms with Gasteiger partial charge in [-0.15, -0.1) is 0 Å². The second-order valence-electron chi connectivity index (χ2n) is 35.4. The first-order valence-electron chi connectivity index (χ1n) is 43.5. The molecule has 7 heterocycles. The maximum atomic E-state index is 2.46. The first kappa shape index (κ1) is 105. The van der Waals surface area contributed by atoms with Crippen LogP contribution in [0.15, 0.2) is 0 Å². The van der Waals surface area contributed by atoms with Crippen LogP contribution in [0.5, 0.6) is 0 Å². The zero-order chi connectivity index (χ0) is 80.4. The number of nitrogens with zero attached hydrogens (tertiary/aromatic N) is 25. The van der Waals surface area contributed by atoms with E-state index >= 15 is 0 Å². The Morgan fingerprint density at radius 1 is 0.0648 bits per heavy atom. The van der Waals surface area contributed by atoms with Crippen molar-refractivity contribution in [1.82, 2.24) is 122 Å². The highest BCUT2D eigenvalue weighted by atomic mass is 15.3. The lowest BCUT2D eigenvalue weighted by atomic mass is 10.3. The van der Waals surface area contributed by atoms with Crippen LogP contribution in [-0.2, 0) is 0 Å². The minimum Gasteiger partial charge on any atom is -0.306 e. The molecule has 0 aromatic heterocycles. The molecule has 25 heteroatoms. The molecule has 0 bridgehead atoms. The van der Waals surface area contributed by atoms with Gasteiger partial charge in [0.1, 0.15) is 0 Å². The van der Waals surface area contributed by atoms with Crippen molar-refractivity contribution in [3.63, 3.8) is 0 Å². The zero-order valence-corrected chi connectivity index (χ0v) is 77.2. The molecule has 7 fully saturated rings. The molecule has 7 rings (SSSR count). The van der Waals surface area contributed by atoms with Gasteiger partial charge in [0.05, 0.1) is 0 Å². The maximum absolute atomic E-state index is 2.46. The molecule has 0 aliphatic carbocycles. The number of likely N-dealkylation sites (N-methyl/N-ethyl adjacent to an activating group) is 21. The summed E-state index contributed by atoms with van der Waals surface area (Å²) in [6.45, 7) is 59.9. The molecular weight excluding hydrogens is 1350 g/mol. The lowest BCUT2D eigenvalue weighted by Gasteiger charge is -2.28. The molecule has 7 aliphatic rings. The Labute approximate surface area is 674 Å². The highest BCUT2D eigenvalue weighted by Gasteiger charge is 2.16. The third-order valence-electron chi connectivity index (χ3n) is 23.3. The smallest absolute Gasteiger partial charge is 0.0107 e. The highest BCUT2D eigenvalue weighted by molar-refractivity contribution is 4.72. The molecular formula is C83H191N25. The fraction of sp³-hybridized carbons (Fsp3) is 1.00. The fourth-order valence-electron chi connectivity index (χ4n) is 13.5. The maximum Gasteiger partial charge on any atom is 0.0107 e. The van der Waals surface area contributed by atoms with Crippen molar-refractivity contribution in [3.05, 3.63) is 0 Å². The molecule has 0 unspecified atom stereocenters. The van der Waals surface area contributed by atoms with Gasteiger partial charge in [-0.2, -0.15) is 0 Å². The van der Waals surface area contributed by atoms with E-state index in [-0.39, 0.29) is 0 Å². The summed E-state index contributed by atoms with van der Waals surface area (Å²) in [6.07, 6.45) is 10.4. The van der Waals surface area contributed by atoms with Gasteiger partial charge < -0.3 is 122 Å². The van der Waals surface area contributed by atoms with Crippen molar-refractivity contribution in [2.24, 2.45) is 0 Å². The molecule has 25 nitrogen and oxygen atoms in total. The summed E-state index contributed by atoms with van der Waals surface area (Å²) >= 11 is 0. The minimum absolute atomic E-state index is 1.16. The van der Waals surface area contributed by atoms with E-state index in [2.05, 4.69) is 299 Å². The SMILES string of the molecule is CN1CCCN(C)CCCN(C)CCC1.CN1CCCN(C)CCN(C)CC1.CN1CCCN(C)CCN(C)CCC1.CN1CCCN(C)CCN(C)CCCN(C)CC1.CN1CCN(C)CCN(C)CC1.CN1CCN(C)CCN(C)CCN(C)CC1.CN1CCN(C)CCN(C)CCN(C)CCN(C)CC1. The van der Waals surface area contributed by atoms with E-state index in [0.29, 0.717) is 0 Å². The van der Waals surface area contributed by atoms with Crippen LogP contribution in [0.1, 0.15) is 51.4 Å². The zero-order valence-electron chi connectivity index (χ0n) is 77.2. The van der Waals surface area contributed by atoms with Crippen molar-refractivity contribution < 1.29 is 0 Å². The molecule has 0 amide bonds. The van der Waals surface area contributed by atoms with E-state index in [0.717, 1.165) is 65.4 Å². The van der Waals surface area contributed by atoms with E-state index in [1.54, 1.807) is 0 Å². The van der Waals surface area contributed by atoms with E-state index in [1.807, 2.05) is 0 Å². The quantitative estimate of drug-likeness (QED) is 0.351. The fourth-order valence-corrected chi connectivity index (χ4v) is 13.5. The molecule has 0 spiro atoms. The first-order valence-corrected chi connectivity index (χ1v) is 43.5. The normalized spacial score (nSPS) is 26.1. The lowest BCUT2D eigenvalue weighted by molar-refractivity contribution is 0.181. The summed E-state index contributed by atoms with van der Waals surface area (Å²) in [5.74, 6) is 0. The second-order valence-corrected chi connectivity index (χ2v) is 35.4. The molecule has 7 saturated heterocycles. The van der Waals surface area contributed by atoms with Gasteiger partial charge in [-0.25, -0.2) is 0 Å². The predicted octanol–water partition coefficient (Wildman–Crippen LogP) is 1.42. The molecule has 0 N–H and O–H groups in total. The van der Waals surface area contributed by atoms with Crippen molar-refractivity contribution in [3.8, 4) is 0 Å². The molecule has 7 aliphatic heterocycles. The van der Waals surface area contributed by atoms with Crippen molar-refractivity contribution in [2.75, 3.05) is 503 Å². The van der Waals surface area contributed by atoms with Crippen LogP contribution >= 0.6 is 0 Å². The Morgan fingerprint density at radius 2 is 0.102 bits per heavy atom. The third-order valence-corrected chi connectivity index (χ3v) is 23.3. The summed E-state index contributed by atoms with van der Waals surface area (Å²) in [7, 11) is 55.7. The Kier molecular flexibility index (Phi) is 65.2. The average molecular weight is 1540 g/mol. The second kappa shape index (κ2) is 67.1. The molecule has 0 saturated carbocycles. The molecule has 0 atom stereocenters. The third kappa shape index (κ3) is 65.2. The minimum atomic E-state index is 1.16. The summed E-state index contributed by atoms with van der Waals surface area (Å²) in [4.78, 5) is 61.0. The van der Waals surface area contributed by atoms with Crippen LogP contribution in [0, 0.1) is 0 Å². The Hall–Kier alpha value is -1.00. The molecule has 648 valence electrons. The Bertz CT molecular complexity index is 1680. The number of hydrogen-bond acceptors (Lipinski definition) is 25. The van der Waals surface area contributed by atoms with Crippen molar-refractivity contribution >= 4 is 0 Å². The van der Waals surface area contributed by atoms with Gasteiger partial charge >= 0.3 is 0 Å². The molecule has 0 aromatic rings. The van der Waals surface area contributed by atoms with Gasteiger partial charge in [-0.05, 0) is 332 Å². The van der Waals surface area contributed by atoms with Gasteiger partial charge in [0.2, 0.25) is 0 Å². The van der Waals surface area contributed by atoms with Crippen LogP contribution in [0.3, 0.4) is 0 Å². The van der Waals surface area contributed by atoms with Gasteiger partial charge in [-0.3, -0.25) is 0 Å². The summed E-state index contributed by atoms with van der Waals surface area (Å²) < 4.78 is 0. The lowest BCUT2D eigenvalue weighted by Crippen LogP contribution is -2.42. The van der Waals surface area contributed by atoms with Gasteiger partial charge in [0.25, 0.3) is 0 Å². The van der Waals surface area contributed by atoms with Crippen LogP contribution in [0.2, 0.25) is 0 Å². The summed E-state index contributed by atoms with van der Waals surface area (Å²) in [5, 5.41) is 0. The van der Waals surface area contributed by atoms with E-state index in [9.17, 15) is 0 Å². The van der Waals surface area contributed by atoms with Crippen LogP contribution < -0.4 is 0 Å². The highest BCUT2D eigenvalue weighted by Crippen LogP contribution is 2.05. The van der Waals surface area contributed by atoms with Crippen LogP contribution in [-0.4, -0.2) is 626 Å². The van der Waals surface area contributed by atoms with Gasteiger partial charge in [0, 0.05) is 223 Å². The van der Waals surface area contributed by atoms with Crippen LogP contribution in [0.4, 0.5) is 0 Å². The van der Waals surface area contributed by atoms with E-state index in [1.165, 1.54) is 313 Å². The van der Waals surface area contributed by atoms with Gasteiger partial charge in [0.15, 0.2) is 0 Å². The predicted molar refractivity (Wildman–Crippen MR) is 474 cm³/mol. The first-order chi connectivity index (χ1) is 51.3. The van der Waals surface area contributed by atoms with Crippen LogP contribution in [0.25, 0.3) is 0 Å². The topological polar surface area (TPSA) is 81.0 Å². The van der Waals surface area contributed by atoms with Gasteiger partial charge in [-0.1, -0.05) is 0 Å². The molecule has 0 aromatic carbocycles. The Morgan fingerprint density at radius 3 is 0.157 bits per heavy atom. The Balaban J connectivity index is 0.000000634.